The molecule has 0 saturated carbocycles. The van der Waals surface area contributed by atoms with Crippen molar-refractivity contribution >= 4 is 22.6 Å². The first kappa shape index (κ1) is 23.8. The molecule has 34 heavy (non-hydrogen) atoms. The molecule has 1 aliphatic heterocycles. The van der Waals surface area contributed by atoms with Gasteiger partial charge in [0.15, 0.2) is 11.5 Å². The molecule has 180 valence electrons. The van der Waals surface area contributed by atoms with Crippen LogP contribution in [0.25, 0.3) is 10.9 Å². The molecular formula is C26H33N5O3. The highest BCUT2D eigenvalue weighted by Gasteiger charge is 2.24. The van der Waals surface area contributed by atoms with Crippen molar-refractivity contribution in [2.75, 3.05) is 46.2 Å². The summed E-state index contributed by atoms with van der Waals surface area (Å²) in [7, 11) is 5.22. The third-order valence-corrected chi connectivity index (χ3v) is 6.26. The Hall–Kier alpha value is -3.39. The molecule has 1 amide bonds. The minimum atomic E-state index is 0.0568. The molecule has 0 bridgehead atoms. The summed E-state index contributed by atoms with van der Waals surface area (Å²) in [6, 6.07) is 14.2. The lowest BCUT2D eigenvalue weighted by molar-refractivity contribution is -0.130. The Labute approximate surface area is 200 Å². The predicted octanol–water partition coefficient (Wildman–Crippen LogP) is 3.74. The second kappa shape index (κ2) is 10.7. The highest BCUT2D eigenvalue weighted by molar-refractivity contribution is 5.91. The number of benzene rings is 2. The van der Waals surface area contributed by atoms with E-state index < -0.39 is 0 Å². The van der Waals surface area contributed by atoms with Crippen LogP contribution in [0, 0.1) is 0 Å². The molecule has 1 N–H and O–H groups in total. The monoisotopic (exact) mass is 463 g/mol. The van der Waals surface area contributed by atoms with Gasteiger partial charge < -0.3 is 19.7 Å². The van der Waals surface area contributed by atoms with Gasteiger partial charge in [0.1, 0.15) is 18.2 Å². The number of hydrogen-bond acceptors (Lipinski definition) is 7. The third kappa shape index (κ3) is 5.56. The topological polar surface area (TPSA) is 79.8 Å². The number of nitrogens with one attached hydrogen (secondary N) is 1. The summed E-state index contributed by atoms with van der Waals surface area (Å²) >= 11 is 0. The molecular weight excluding hydrogens is 430 g/mol. The molecule has 1 saturated heterocycles. The first-order valence-corrected chi connectivity index (χ1v) is 11.7. The second-order valence-corrected chi connectivity index (χ2v) is 8.90. The van der Waals surface area contributed by atoms with Gasteiger partial charge in [-0.25, -0.2) is 9.97 Å². The lowest BCUT2D eigenvalue weighted by atomic mass is 10.1. The number of hydrogen-bond donors (Lipinski definition) is 1. The fourth-order valence-corrected chi connectivity index (χ4v) is 4.16. The fraction of sp³-hybridized carbons (Fsp3) is 0.423. The first-order chi connectivity index (χ1) is 16.4. The van der Waals surface area contributed by atoms with Gasteiger partial charge in [0, 0.05) is 44.7 Å². The Balaban J connectivity index is 1.50. The number of fused-ring (bicyclic) bond motifs is 1. The van der Waals surface area contributed by atoms with Gasteiger partial charge >= 0.3 is 0 Å². The summed E-state index contributed by atoms with van der Waals surface area (Å²) < 4.78 is 12.0. The Morgan fingerprint density at radius 2 is 1.88 bits per heavy atom. The number of piperidine rings is 1. The maximum atomic E-state index is 12.0. The Morgan fingerprint density at radius 1 is 1.15 bits per heavy atom. The number of likely N-dealkylation sites (tertiary alicyclic amines) is 1. The van der Waals surface area contributed by atoms with Crippen molar-refractivity contribution in [3.8, 4) is 11.5 Å². The number of anilines is 1. The highest BCUT2D eigenvalue weighted by Crippen LogP contribution is 2.36. The number of methoxy groups -OCH3 is 1. The van der Waals surface area contributed by atoms with Crippen LogP contribution in [0.3, 0.4) is 0 Å². The van der Waals surface area contributed by atoms with E-state index in [4.69, 9.17) is 9.47 Å². The molecule has 0 unspecified atom stereocenters. The van der Waals surface area contributed by atoms with E-state index in [1.54, 1.807) is 32.4 Å². The van der Waals surface area contributed by atoms with Crippen LogP contribution in [0.1, 0.15) is 31.4 Å². The van der Waals surface area contributed by atoms with Crippen LogP contribution in [-0.2, 0) is 4.79 Å². The van der Waals surface area contributed by atoms with E-state index in [1.807, 2.05) is 30.3 Å². The molecule has 1 aromatic heterocycles. The van der Waals surface area contributed by atoms with Crippen molar-refractivity contribution in [3.05, 3.63) is 54.4 Å². The van der Waals surface area contributed by atoms with E-state index >= 15 is 0 Å². The molecule has 1 fully saturated rings. The quantitative estimate of drug-likeness (QED) is 0.545. The van der Waals surface area contributed by atoms with E-state index in [2.05, 4.69) is 39.2 Å². The zero-order valence-corrected chi connectivity index (χ0v) is 20.3. The zero-order valence-electron chi connectivity index (χ0n) is 20.3. The summed E-state index contributed by atoms with van der Waals surface area (Å²) in [4.78, 5) is 24.8. The van der Waals surface area contributed by atoms with Gasteiger partial charge in [-0.2, -0.15) is 0 Å². The van der Waals surface area contributed by atoms with Crippen molar-refractivity contribution in [2.45, 2.75) is 31.9 Å². The fourth-order valence-electron chi connectivity index (χ4n) is 4.16. The van der Waals surface area contributed by atoms with Crippen molar-refractivity contribution < 1.29 is 14.3 Å². The minimum Gasteiger partial charge on any atom is -0.493 e. The number of amides is 1. The summed E-state index contributed by atoms with van der Waals surface area (Å²) in [6.45, 7) is 4.21. The number of carbonyl (C=O) groups excluding carboxylic acids is 1. The predicted molar refractivity (Wildman–Crippen MR) is 133 cm³/mol. The smallest absolute Gasteiger partial charge is 0.236 e. The van der Waals surface area contributed by atoms with Gasteiger partial charge in [-0.1, -0.05) is 30.3 Å². The van der Waals surface area contributed by atoms with Gasteiger partial charge in [-0.3, -0.25) is 9.69 Å². The molecule has 8 heteroatoms. The van der Waals surface area contributed by atoms with Gasteiger partial charge in [-0.05, 0) is 31.4 Å². The Bertz CT molecular complexity index is 1110. The standard InChI is InChI=1S/C26H33N5O3/c1-18(19-8-6-5-7-9-19)29-26-21-14-24(23(33-4)15-22(21)27-17-28-26)34-20-10-12-31(13-11-20)16-25(32)30(2)3/h5-9,14-15,17-18,20H,10-13,16H2,1-4H3,(H,27,28,29)/t18-/m1/s1. The van der Waals surface area contributed by atoms with Crippen LogP contribution in [0.2, 0.25) is 0 Å². The zero-order chi connectivity index (χ0) is 24.1. The number of aromatic nitrogens is 2. The van der Waals surface area contributed by atoms with Crippen molar-refractivity contribution in [3.63, 3.8) is 0 Å². The van der Waals surface area contributed by atoms with Crippen LogP contribution in [0.15, 0.2) is 48.8 Å². The number of carbonyl (C=O) groups is 1. The number of ether oxygens (including phenoxy) is 2. The Morgan fingerprint density at radius 3 is 2.56 bits per heavy atom. The second-order valence-electron chi connectivity index (χ2n) is 8.90. The molecule has 1 atom stereocenters. The molecule has 1 aliphatic rings. The number of nitrogens with zero attached hydrogens (tertiary/aromatic N) is 4. The van der Waals surface area contributed by atoms with Crippen LogP contribution >= 0.6 is 0 Å². The normalized spacial score (nSPS) is 15.6. The Kier molecular flexibility index (Phi) is 7.47. The average molecular weight is 464 g/mol. The maximum absolute atomic E-state index is 12.0. The van der Waals surface area contributed by atoms with Crippen LogP contribution in [0.4, 0.5) is 5.82 Å². The SMILES string of the molecule is COc1cc2ncnc(N[C@H](C)c3ccccc3)c2cc1OC1CCN(CC(=O)N(C)C)CC1. The molecule has 0 spiro atoms. The molecule has 0 radical (unpaired) electrons. The van der Waals surface area contributed by atoms with E-state index in [0.717, 1.165) is 42.7 Å². The van der Waals surface area contributed by atoms with Crippen LogP contribution in [-0.4, -0.2) is 72.6 Å². The van der Waals surface area contributed by atoms with Crippen molar-refractivity contribution in [1.82, 2.24) is 19.8 Å². The van der Waals surface area contributed by atoms with Crippen molar-refractivity contribution in [2.24, 2.45) is 0 Å². The molecule has 2 heterocycles. The highest BCUT2D eigenvalue weighted by atomic mass is 16.5. The summed E-state index contributed by atoms with van der Waals surface area (Å²) in [5.74, 6) is 2.22. The minimum absolute atomic E-state index is 0.0568. The number of likely N-dealkylation sites (N-methyl/N-ethyl adjacent to an activating group) is 1. The van der Waals surface area contributed by atoms with Crippen LogP contribution < -0.4 is 14.8 Å². The summed E-state index contributed by atoms with van der Waals surface area (Å²) in [5, 5.41) is 4.40. The van der Waals surface area contributed by atoms with E-state index in [1.165, 1.54) is 5.56 Å². The maximum Gasteiger partial charge on any atom is 0.236 e. The summed E-state index contributed by atoms with van der Waals surface area (Å²) in [5.41, 5.74) is 1.97. The van der Waals surface area contributed by atoms with Gasteiger partial charge in [-0.15, -0.1) is 0 Å². The molecule has 0 aliphatic carbocycles. The van der Waals surface area contributed by atoms with Crippen LogP contribution in [0.5, 0.6) is 11.5 Å². The van der Waals surface area contributed by atoms with Gasteiger partial charge in [0.25, 0.3) is 0 Å². The first-order valence-electron chi connectivity index (χ1n) is 11.7. The third-order valence-electron chi connectivity index (χ3n) is 6.26. The van der Waals surface area contributed by atoms with Gasteiger partial charge in [0.2, 0.25) is 5.91 Å². The lowest BCUT2D eigenvalue weighted by Gasteiger charge is -2.32. The summed E-state index contributed by atoms with van der Waals surface area (Å²) in [6.07, 6.45) is 3.32. The van der Waals surface area contributed by atoms with E-state index in [9.17, 15) is 4.79 Å². The van der Waals surface area contributed by atoms with E-state index in [0.29, 0.717) is 18.0 Å². The van der Waals surface area contributed by atoms with Crippen molar-refractivity contribution in [1.29, 1.82) is 0 Å². The largest absolute Gasteiger partial charge is 0.493 e. The average Bonchev–Trinajstić information content (AvgIpc) is 2.85. The van der Waals surface area contributed by atoms with Gasteiger partial charge in [0.05, 0.1) is 19.2 Å². The lowest BCUT2D eigenvalue weighted by Crippen LogP contribution is -2.43. The molecule has 2 aromatic carbocycles. The molecule has 3 aromatic rings. The van der Waals surface area contributed by atoms with E-state index in [-0.39, 0.29) is 18.1 Å². The number of rotatable bonds is 8. The molecule has 8 nitrogen and oxygen atoms in total. The molecule has 4 rings (SSSR count).